The zero-order valence-electron chi connectivity index (χ0n) is 28.5. The third-order valence-corrected chi connectivity index (χ3v) is 9.47. The number of ether oxygens (including phenoxy) is 1. The molecule has 1 aromatic heterocycles. The number of unbranched alkanes of at least 4 members (excludes halogenated alkanes) is 2. The summed E-state index contributed by atoms with van der Waals surface area (Å²) < 4.78 is 117. The smallest absolute Gasteiger partial charge is 0.433 e. The molecular weight excluding hydrogens is 738 g/mol. The van der Waals surface area contributed by atoms with Gasteiger partial charge in [0.2, 0.25) is 11.7 Å². The molecule has 19 heteroatoms. The Hall–Kier alpha value is -5.20. The maximum atomic E-state index is 15.4. The van der Waals surface area contributed by atoms with Crippen molar-refractivity contribution in [1.82, 2.24) is 20.0 Å². The Kier molecular flexibility index (Phi) is 11.6. The van der Waals surface area contributed by atoms with E-state index in [1.807, 2.05) is 0 Å². The molecule has 1 saturated heterocycles. The van der Waals surface area contributed by atoms with Crippen LogP contribution in [0.5, 0.6) is 5.75 Å². The first-order valence-electron chi connectivity index (χ1n) is 16.7. The summed E-state index contributed by atoms with van der Waals surface area (Å²) in [4.78, 5) is 59.3. The SMILES string of the molecule is CN1N(Cc2ccc(OCCCCCC(=O)O)c(F)c2F)C(=O)C(C(=O)Nc2ccc(C(F)(F)F)cc2-c2cc(C(F)(F)F)ncn2)C(=O)C12CCCC2. The van der Waals surface area contributed by atoms with Gasteiger partial charge in [0.25, 0.3) is 5.91 Å². The highest BCUT2D eigenvalue weighted by Gasteiger charge is 2.58. The molecular formula is C35H33F8N5O6. The highest BCUT2D eigenvalue weighted by atomic mass is 19.4. The fourth-order valence-corrected chi connectivity index (χ4v) is 6.62. The van der Waals surface area contributed by atoms with Crippen LogP contribution in [-0.4, -0.2) is 67.9 Å². The van der Waals surface area contributed by atoms with Gasteiger partial charge in [-0.05, 0) is 62.4 Å². The molecule has 1 spiro atoms. The quantitative estimate of drug-likeness (QED) is 0.115. The number of carbonyl (C=O) groups is 4. The number of ketones is 1. The maximum Gasteiger partial charge on any atom is 0.433 e. The normalized spacial score (nSPS) is 17.6. The summed E-state index contributed by atoms with van der Waals surface area (Å²) in [7, 11) is 1.38. The number of nitrogens with zero attached hydrogens (tertiary/aromatic N) is 4. The number of hydrazine groups is 1. The number of nitrogens with one attached hydrogen (secondary N) is 1. The molecule has 2 aromatic carbocycles. The summed E-state index contributed by atoms with van der Waals surface area (Å²) in [6.45, 7) is -0.690. The average molecular weight is 772 g/mol. The van der Waals surface area contributed by atoms with Crippen molar-refractivity contribution in [3.63, 3.8) is 0 Å². The van der Waals surface area contributed by atoms with Crippen molar-refractivity contribution in [3.8, 4) is 17.0 Å². The van der Waals surface area contributed by atoms with Crippen molar-refractivity contribution in [2.24, 2.45) is 5.92 Å². The highest BCUT2D eigenvalue weighted by Crippen LogP contribution is 2.43. The molecule has 5 rings (SSSR count). The minimum atomic E-state index is -5.00. The fourth-order valence-electron chi connectivity index (χ4n) is 6.62. The molecule has 2 heterocycles. The van der Waals surface area contributed by atoms with Crippen molar-refractivity contribution in [2.45, 2.75) is 75.8 Å². The maximum absolute atomic E-state index is 15.4. The van der Waals surface area contributed by atoms with Crippen LogP contribution in [0.3, 0.4) is 0 Å². The van der Waals surface area contributed by atoms with E-state index in [0.717, 1.165) is 23.2 Å². The van der Waals surface area contributed by atoms with E-state index in [0.29, 0.717) is 56.6 Å². The number of carbonyl (C=O) groups excluding carboxylic acids is 3. The van der Waals surface area contributed by atoms with Gasteiger partial charge in [-0.25, -0.2) is 19.4 Å². The molecule has 1 saturated carbocycles. The average Bonchev–Trinajstić information content (AvgIpc) is 3.61. The first-order valence-corrected chi connectivity index (χ1v) is 16.7. The number of hydrogen-bond acceptors (Lipinski definition) is 8. The van der Waals surface area contributed by atoms with Crippen LogP contribution >= 0.6 is 0 Å². The molecule has 1 unspecified atom stereocenters. The summed E-state index contributed by atoms with van der Waals surface area (Å²) >= 11 is 0. The van der Waals surface area contributed by atoms with E-state index in [1.165, 1.54) is 12.1 Å². The predicted octanol–water partition coefficient (Wildman–Crippen LogP) is 6.81. The van der Waals surface area contributed by atoms with Crippen LogP contribution in [0, 0.1) is 17.6 Å². The zero-order valence-corrected chi connectivity index (χ0v) is 28.5. The second kappa shape index (κ2) is 15.6. The van der Waals surface area contributed by atoms with Crippen LogP contribution in [0.1, 0.15) is 68.2 Å². The Bertz CT molecular complexity index is 1930. The molecule has 3 aromatic rings. The summed E-state index contributed by atoms with van der Waals surface area (Å²) in [5, 5.41) is 13.1. The number of carboxylic acid groups (broad SMARTS) is 1. The van der Waals surface area contributed by atoms with Gasteiger partial charge in [0.05, 0.1) is 35.6 Å². The monoisotopic (exact) mass is 771 g/mol. The molecule has 54 heavy (non-hydrogen) atoms. The number of hydrogen-bond donors (Lipinski definition) is 2. The molecule has 2 amide bonds. The Morgan fingerprint density at radius 3 is 2.30 bits per heavy atom. The van der Waals surface area contributed by atoms with Gasteiger partial charge in [-0.15, -0.1) is 0 Å². The Morgan fingerprint density at radius 2 is 1.65 bits per heavy atom. The van der Waals surface area contributed by atoms with Crippen molar-refractivity contribution in [3.05, 3.63) is 71.2 Å². The van der Waals surface area contributed by atoms with Gasteiger partial charge in [0, 0.05) is 24.6 Å². The van der Waals surface area contributed by atoms with Crippen LogP contribution in [0.15, 0.2) is 42.7 Å². The second-order valence-electron chi connectivity index (χ2n) is 12.9. The van der Waals surface area contributed by atoms with Crippen molar-refractivity contribution in [2.75, 3.05) is 19.0 Å². The lowest BCUT2D eigenvalue weighted by molar-refractivity contribution is -0.186. The molecule has 0 bridgehead atoms. The zero-order chi connectivity index (χ0) is 39.6. The molecule has 2 fully saturated rings. The van der Waals surface area contributed by atoms with Gasteiger partial charge in [-0.2, -0.15) is 30.7 Å². The van der Waals surface area contributed by atoms with E-state index < -0.39 is 99.5 Å². The number of benzene rings is 2. The number of likely N-dealkylation sites (N-methyl/N-ethyl adjacent to an activating group) is 1. The summed E-state index contributed by atoms with van der Waals surface area (Å²) in [5.41, 5.74) is -6.37. The van der Waals surface area contributed by atoms with Crippen LogP contribution < -0.4 is 10.1 Å². The van der Waals surface area contributed by atoms with Crippen molar-refractivity contribution in [1.29, 1.82) is 0 Å². The third kappa shape index (κ3) is 8.29. The highest BCUT2D eigenvalue weighted by molar-refractivity contribution is 6.25. The van der Waals surface area contributed by atoms with Gasteiger partial charge in [0.15, 0.2) is 23.3 Å². The number of alkyl halides is 6. The lowest BCUT2D eigenvalue weighted by atomic mass is 9.80. The Balaban J connectivity index is 1.44. The van der Waals surface area contributed by atoms with Gasteiger partial charge in [0.1, 0.15) is 12.0 Å². The number of aromatic nitrogens is 2. The number of anilines is 1. The topological polar surface area (TPSA) is 142 Å². The number of amides is 2. The number of carboxylic acids is 1. The van der Waals surface area contributed by atoms with Gasteiger partial charge in [-0.3, -0.25) is 24.2 Å². The van der Waals surface area contributed by atoms with E-state index in [9.17, 15) is 45.5 Å². The molecule has 290 valence electrons. The second-order valence-corrected chi connectivity index (χ2v) is 12.9. The van der Waals surface area contributed by atoms with E-state index in [2.05, 4.69) is 15.3 Å². The fraction of sp³-hybridized carbons (Fsp3) is 0.429. The molecule has 1 atom stereocenters. The van der Waals surface area contributed by atoms with E-state index in [-0.39, 0.29) is 31.4 Å². The molecule has 1 aliphatic heterocycles. The minimum Gasteiger partial charge on any atom is -0.490 e. The van der Waals surface area contributed by atoms with Crippen molar-refractivity contribution >= 4 is 29.3 Å². The molecule has 11 nitrogen and oxygen atoms in total. The van der Waals surface area contributed by atoms with E-state index in [4.69, 9.17) is 9.84 Å². The lowest BCUT2D eigenvalue weighted by Crippen LogP contribution is -2.69. The first-order chi connectivity index (χ1) is 25.3. The van der Waals surface area contributed by atoms with Crippen LogP contribution in [-0.2, 0) is 38.1 Å². The van der Waals surface area contributed by atoms with Gasteiger partial charge < -0.3 is 15.2 Å². The summed E-state index contributed by atoms with van der Waals surface area (Å²) in [6.07, 6.45) is -7.03. The number of Topliss-reactive ketones (excluding diaryl/α,β-unsaturated/α-hetero) is 1. The van der Waals surface area contributed by atoms with Crippen LogP contribution in [0.25, 0.3) is 11.3 Å². The lowest BCUT2D eigenvalue weighted by Gasteiger charge is -2.49. The van der Waals surface area contributed by atoms with Crippen LogP contribution in [0.2, 0.25) is 0 Å². The molecule has 0 radical (unpaired) electrons. The summed E-state index contributed by atoms with van der Waals surface area (Å²) in [5.74, 6) is -9.64. The molecule has 2 N–H and O–H groups in total. The summed E-state index contributed by atoms with van der Waals surface area (Å²) in [6, 6.07) is 4.39. The standard InChI is InChI=1S/C35H33F8N5O6/c1-47-33(12-4-5-13-33)30(51)27(32(53)48(47)17-19-8-11-24(29(37)28(19)36)54-14-6-2-3-7-26(49)50)31(52)46-22-10-9-20(34(38,39)40)15-21(22)23-16-25(35(41,42)43)45-18-44-23/h8-11,15-16,18,27H,2-7,12-14,17H2,1H3,(H,46,52)(H,49,50). The van der Waals surface area contributed by atoms with Crippen LogP contribution in [0.4, 0.5) is 40.8 Å². The Labute approximate surface area is 302 Å². The van der Waals surface area contributed by atoms with E-state index >= 15 is 8.78 Å². The minimum absolute atomic E-state index is 0.0363. The molecule has 1 aliphatic carbocycles. The number of rotatable bonds is 12. The predicted molar refractivity (Wildman–Crippen MR) is 172 cm³/mol. The molecule has 2 aliphatic rings. The number of aliphatic carboxylic acids is 1. The first kappa shape index (κ1) is 40.0. The largest absolute Gasteiger partial charge is 0.490 e. The van der Waals surface area contributed by atoms with E-state index in [1.54, 1.807) is 0 Å². The van der Waals surface area contributed by atoms with Gasteiger partial charge in [-0.1, -0.05) is 18.9 Å². The number of halogens is 8. The third-order valence-electron chi connectivity index (χ3n) is 9.47. The van der Waals surface area contributed by atoms with Gasteiger partial charge >= 0.3 is 18.3 Å². The van der Waals surface area contributed by atoms with Crippen molar-refractivity contribution < 1.29 is 64.1 Å². The Morgan fingerprint density at radius 1 is 0.944 bits per heavy atom.